The molecule has 12 nitrogen and oxygen atoms in total. The Morgan fingerprint density at radius 1 is 0.233 bits per heavy atom. The van der Waals surface area contributed by atoms with E-state index in [0.29, 0.717) is 0 Å². The van der Waals surface area contributed by atoms with Crippen molar-refractivity contribution in [2.75, 3.05) is 0 Å². The molecule has 12 heteroatoms. The Hall–Kier alpha value is -11.0. The Kier molecular flexibility index (Phi) is 26.5. The standard InChI is InChI=1S/C20H21N2.2C15H19N2.2C14H17N2.C13H15N2/c1-14-10-11-21-16(3)20(14)18-9-8-17(13-15(18)2)19-7-5-6-12-22(19)4;1-10-6-7-16-13(4)15(10)14-8-11(2)12(3)9-17(14)5;1-10-6-7-17(5)14(8-10)15-11(2)9-12(3)16-13(15)4;1-10-6-8-16(4)13(9-10)14-11(2)5-7-15-12(14)3;1-10-9-11(2)15-12(3)14(10)13-7-5-6-8-16(13)4;1-10-7-8-14-11(2)13(10)12-6-4-5-9-15(12)3/h5-13H,1-4H3;2*6-9H,1-5H3;2*5-9H,1-4H3;4-9H,1-3H3/q6*+1. The molecule has 0 atom stereocenters. The van der Waals surface area contributed by atoms with E-state index < -0.39 is 0 Å². The lowest BCUT2D eigenvalue weighted by Crippen LogP contribution is -2.32. The maximum atomic E-state index is 4.57. The van der Waals surface area contributed by atoms with E-state index in [4.69, 9.17) is 0 Å². The van der Waals surface area contributed by atoms with Crippen LogP contribution in [0.25, 0.3) is 78.7 Å². The summed E-state index contributed by atoms with van der Waals surface area (Å²) in [5.41, 5.74) is 40.1. The van der Waals surface area contributed by atoms with E-state index in [9.17, 15) is 0 Å². The monoisotopic (exact) mass is 1370 g/mol. The van der Waals surface area contributed by atoms with E-state index in [1.54, 1.807) is 0 Å². The molecule has 0 aliphatic rings. The van der Waals surface area contributed by atoms with Gasteiger partial charge in [0, 0.05) is 125 Å². The van der Waals surface area contributed by atoms with Crippen molar-refractivity contribution in [3.63, 3.8) is 0 Å². The van der Waals surface area contributed by atoms with E-state index in [1.165, 1.54) is 140 Å². The molecule has 0 unspecified atom stereocenters. The largest absolute Gasteiger partial charge is 0.261 e. The van der Waals surface area contributed by atoms with Crippen molar-refractivity contribution in [1.29, 1.82) is 0 Å². The summed E-state index contributed by atoms with van der Waals surface area (Å²) in [5.74, 6) is 0. The number of benzene rings is 1. The number of rotatable bonds is 7. The zero-order valence-electron chi connectivity index (χ0n) is 65.9. The van der Waals surface area contributed by atoms with Crippen LogP contribution in [0.1, 0.15) is 107 Å². The molecule has 12 heterocycles. The summed E-state index contributed by atoms with van der Waals surface area (Å²) in [6.07, 6.45) is 20.0. The molecule has 0 saturated heterocycles. The predicted molar refractivity (Wildman–Crippen MR) is 421 cm³/mol. The van der Waals surface area contributed by atoms with Gasteiger partial charge in [0.25, 0.3) is 0 Å². The fourth-order valence-corrected chi connectivity index (χ4v) is 13.6. The van der Waals surface area contributed by atoms with Crippen molar-refractivity contribution in [2.45, 2.75) is 132 Å². The fraction of sp³-hybridized carbons (Fsp3) is 0.275. The lowest BCUT2D eigenvalue weighted by Gasteiger charge is -2.12. The molecule has 526 valence electrons. The van der Waals surface area contributed by atoms with Gasteiger partial charge in [-0.1, -0.05) is 6.07 Å². The van der Waals surface area contributed by atoms with Crippen LogP contribution < -0.4 is 27.4 Å². The van der Waals surface area contributed by atoms with E-state index in [2.05, 4.69) is 376 Å². The lowest BCUT2D eigenvalue weighted by molar-refractivity contribution is -0.660. The van der Waals surface area contributed by atoms with Gasteiger partial charge in [-0.25, -0.2) is 27.4 Å². The van der Waals surface area contributed by atoms with Gasteiger partial charge < -0.3 is 0 Å². The molecule has 103 heavy (non-hydrogen) atoms. The van der Waals surface area contributed by atoms with E-state index in [-0.39, 0.29) is 0 Å². The van der Waals surface area contributed by atoms with Crippen molar-refractivity contribution < 1.29 is 27.4 Å². The van der Waals surface area contributed by atoms with E-state index in [0.717, 1.165) is 45.6 Å². The van der Waals surface area contributed by atoms with Gasteiger partial charge in [-0.15, -0.1) is 0 Å². The fourth-order valence-electron chi connectivity index (χ4n) is 13.6. The predicted octanol–water partition coefficient (Wildman–Crippen LogP) is 17.0. The Morgan fingerprint density at radius 2 is 0.573 bits per heavy atom. The van der Waals surface area contributed by atoms with Crippen molar-refractivity contribution in [3.05, 3.63) is 308 Å². The summed E-state index contributed by atoms with van der Waals surface area (Å²) in [6, 6.07) is 48.8. The van der Waals surface area contributed by atoms with Crippen LogP contribution in [0, 0.1) is 132 Å². The average Bonchev–Trinajstić information content (AvgIpc) is 0.826. The van der Waals surface area contributed by atoms with Gasteiger partial charge >= 0.3 is 0 Å². The lowest BCUT2D eigenvalue weighted by atomic mass is 9.93. The highest BCUT2D eigenvalue weighted by Gasteiger charge is 2.22. The molecule has 0 fully saturated rings. The zero-order valence-corrected chi connectivity index (χ0v) is 65.9. The van der Waals surface area contributed by atoms with Gasteiger partial charge in [-0.3, -0.25) is 29.9 Å². The number of nitrogens with zero attached hydrogens (tertiary/aromatic N) is 12. The number of aryl methyl sites for hydroxylation is 25. The minimum Gasteiger partial charge on any atom is -0.261 e. The van der Waals surface area contributed by atoms with Gasteiger partial charge in [0.2, 0.25) is 34.2 Å². The summed E-state index contributed by atoms with van der Waals surface area (Å²) in [4.78, 5) is 26.7. The quantitative estimate of drug-likeness (QED) is 0.147. The first-order valence-electron chi connectivity index (χ1n) is 35.4. The molecule has 13 rings (SSSR count). The summed E-state index contributed by atoms with van der Waals surface area (Å²) in [5, 5.41) is 0. The third-order valence-electron chi connectivity index (χ3n) is 19.0. The van der Waals surface area contributed by atoms with Gasteiger partial charge in [-0.05, 0) is 259 Å². The van der Waals surface area contributed by atoms with Crippen LogP contribution >= 0.6 is 0 Å². The molecule has 1 aromatic carbocycles. The van der Waals surface area contributed by atoms with Crippen LogP contribution in [0.2, 0.25) is 0 Å². The Balaban J connectivity index is 0.000000157. The first-order valence-corrected chi connectivity index (χ1v) is 35.4. The van der Waals surface area contributed by atoms with E-state index >= 15 is 0 Å². The second-order valence-corrected chi connectivity index (χ2v) is 27.6. The number of pyridine rings is 12. The first kappa shape index (κ1) is 77.8. The van der Waals surface area contributed by atoms with Gasteiger partial charge in [0.15, 0.2) is 37.2 Å². The minimum atomic E-state index is 1.08. The van der Waals surface area contributed by atoms with Crippen molar-refractivity contribution in [2.24, 2.45) is 42.3 Å². The van der Waals surface area contributed by atoms with Gasteiger partial charge in [-0.2, -0.15) is 0 Å². The van der Waals surface area contributed by atoms with E-state index in [1.807, 2.05) is 56.8 Å². The molecule has 0 aliphatic heterocycles. The second kappa shape index (κ2) is 35.1. The number of aromatic nitrogens is 12. The molecule has 0 bridgehead atoms. The van der Waals surface area contributed by atoms with Crippen LogP contribution in [-0.4, -0.2) is 29.9 Å². The molecule has 0 spiro atoms. The summed E-state index contributed by atoms with van der Waals surface area (Å²) < 4.78 is 12.9. The van der Waals surface area contributed by atoms with Crippen molar-refractivity contribution in [3.8, 4) is 78.7 Å². The number of hydrogen-bond donors (Lipinski definition) is 0. The molecule has 0 radical (unpaired) electrons. The molecule has 12 aromatic heterocycles. The average molecular weight is 1370 g/mol. The third-order valence-corrected chi connectivity index (χ3v) is 19.0. The summed E-state index contributed by atoms with van der Waals surface area (Å²) in [6.45, 7) is 40.0. The molecule has 13 aromatic rings. The zero-order chi connectivity index (χ0) is 75.1. The second-order valence-electron chi connectivity index (χ2n) is 27.6. The molecule has 0 N–H and O–H groups in total. The smallest absolute Gasteiger partial charge is 0.214 e. The minimum absolute atomic E-state index is 1.08. The Bertz CT molecular complexity index is 5050. The molecule has 0 aliphatic carbocycles. The number of hydrogen-bond acceptors (Lipinski definition) is 6. The van der Waals surface area contributed by atoms with Gasteiger partial charge in [0.05, 0.1) is 56.3 Å². The third kappa shape index (κ3) is 19.4. The van der Waals surface area contributed by atoms with Gasteiger partial charge in [0.1, 0.15) is 42.3 Å². The summed E-state index contributed by atoms with van der Waals surface area (Å²) >= 11 is 0. The maximum absolute atomic E-state index is 4.57. The van der Waals surface area contributed by atoms with Crippen LogP contribution in [0.5, 0.6) is 0 Å². The topological polar surface area (TPSA) is 101 Å². The molecule has 0 amide bonds. The van der Waals surface area contributed by atoms with Crippen LogP contribution in [0.4, 0.5) is 0 Å². The van der Waals surface area contributed by atoms with Crippen LogP contribution in [0.15, 0.2) is 201 Å². The molecule has 0 saturated carbocycles. The molecular weight excluding hydrogens is 1260 g/mol. The van der Waals surface area contributed by atoms with Crippen LogP contribution in [-0.2, 0) is 42.3 Å². The summed E-state index contributed by atoms with van der Waals surface area (Å²) in [7, 11) is 12.4. The Morgan fingerprint density at radius 3 is 0.942 bits per heavy atom. The Labute approximate surface area is 614 Å². The van der Waals surface area contributed by atoms with Crippen LogP contribution in [0.3, 0.4) is 0 Å². The first-order chi connectivity index (χ1) is 48.9. The maximum Gasteiger partial charge on any atom is 0.214 e. The highest BCUT2D eigenvalue weighted by atomic mass is 15.0. The van der Waals surface area contributed by atoms with Crippen molar-refractivity contribution in [1.82, 2.24) is 29.9 Å². The normalized spacial score (nSPS) is 10.6. The SMILES string of the molecule is Cc1cc(-c2c(C)ccnc2C)[n+](C)cc1C.Cc1cc(-c2cccc[n+]2C)ccc1-c1c(C)ccnc1C.Cc1cc(C)c(-c2cccc[n+]2C)c(C)n1.Cc1cc[n+](C)c(-c2c(C)cc(C)nc2C)c1.Cc1cc[n+](C)c(-c2c(C)ccnc2C)c1.Cc1ccnc(C)c1-c1cccc[n+]1C. The highest BCUT2D eigenvalue weighted by molar-refractivity contribution is 5.76. The highest BCUT2D eigenvalue weighted by Crippen LogP contribution is 2.33. The molecular formula is C91H108N12+6. The van der Waals surface area contributed by atoms with Crippen molar-refractivity contribution >= 4 is 0 Å².